The molecule has 0 radical (unpaired) electrons. The van der Waals surface area contributed by atoms with Gasteiger partial charge in [0, 0.05) is 57.0 Å². The Hall–Kier alpha value is -7.24. The number of para-hydroxylation sites is 1. The molecule has 4 aliphatic rings. The Balaban J connectivity index is 0.923. The fourth-order valence-corrected chi connectivity index (χ4v) is 10.8. The summed E-state index contributed by atoms with van der Waals surface area (Å²) in [5.41, 5.74) is 19.6. The Morgan fingerprint density at radius 1 is 0.632 bits per heavy atom. The standard InChI is InChI=1S/C52H35N5/c1-4-11-41-36(8-1)37-9-2-5-12-42(37)52(41)43-23-24-46-49(50(43)51-44(52)13-7-27-55-51)40-10-3-6-14-45(40)56(46)34-19-15-32(16-20-34)33-17-21-35(22-18-33)57-47-30-53-28-25-38(47)39-26-29-54-31-48(39)57/h1-15,17-30,32,54H,16,31H2. The highest BCUT2D eigenvalue weighted by Crippen LogP contribution is 2.63. The number of nitrogens with zero attached hydrogens (tertiary/aromatic N) is 4. The molecule has 5 nitrogen and oxygen atoms in total. The third kappa shape index (κ3) is 3.98. The Kier molecular flexibility index (Phi) is 6.21. The van der Waals surface area contributed by atoms with Gasteiger partial charge in [-0.1, -0.05) is 103 Å². The fraction of sp³-hybridized carbons (Fsp3) is 0.0769. The van der Waals surface area contributed by atoms with Crippen molar-refractivity contribution in [3.8, 4) is 28.1 Å². The van der Waals surface area contributed by atoms with Gasteiger partial charge in [-0.2, -0.15) is 0 Å². The lowest BCUT2D eigenvalue weighted by molar-refractivity contribution is 0.792. The van der Waals surface area contributed by atoms with Crippen LogP contribution in [0.2, 0.25) is 0 Å². The lowest BCUT2D eigenvalue weighted by Gasteiger charge is -2.30. The summed E-state index contributed by atoms with van der Waals surface area (Å²) in [6.07, 6.45) is 18.1. The Morgan fingerprint density at radius 3 is 2.25 bits per heavy atom. The summed E-state index contributed by atoms with van der Waals surface area (Å²) in [7, 11) is 0. The molecule has 5 heteroatoms. The second-order valence-electron chi connectivity index (χ2n) is 15.7. The van der Waals surface area contributed by atoms with E-state index in [1.54, 1.807) is 0 Å². The van der Waals surface area contributed by atoms with Crippen molar-refractivity contribution in [2.45, 2.75) is 24.3 Å². The highest BCUT2D eigenvalue weighted by molar-refractivity contribution is 6.19. The highest BCUT2D eigenvalue weighted by atomic mass is 15.0. The van der Waals surface area contributed by atoms with E-state index >= 15 is 0 Å². The molecule has 0 saturated heterocycles. The van der Waals surface area contributed by atoms with Crippen LogP contribution in [0.1, 0.15) is 51.4 Å². The van der Waals surface area contributed by atoms with Crippen LogP contribution >= 0.6 is 0 Å². The third-order valence-corrected chi connectivity index (χ3v) is 13.1. The minimum atomic E-state index is -0.422. The number of pyridine rings is 2. The number of hydrogen-bond donors (Lipinski definition) is 1. The fourth-order valence-electron chi connectivity index (χ4n) is 10.8. The van der Waals surface area contributed by atoms with Crippen molar-refractivity contribution in [3.05, 3.63) is 209 Å². The van der Waals surface area contributed by atoms with E-state index in [4.69, 9.17) is 4.98 Å². The van der Waals surface area contributed by atoms with E-state index in [0.29, 0.717) is 5.92 Å². The molecular formula is C52H35N5. The van der Waals surface area contributed by atoms with Gasteiger partial charge in [0.25, 0.3) is 0 Å². The van der Waals surface area contributed by atoms with Crippen LogP contribution in [0, 0.1) is 0 Å². The Bertz CT molecular complexity index is 3230. The van der Waals surface area contributed by atoms with Gasteiger partial charge in [0.05, 0.1) is 46.1 Å². The van der Waals surface area contributed by atoms with E-state index in [1.165, 1.54) is 88.7 Å². The molecule has 9 aromatic rings. The largest absolute Gasteiger partial charge is 0.385 e. The molecule has 1 aliphatic heterocycles. The third-order valence-electron chi connectivity index (χ3n) is 13.1. The van der Waals surface area contributed by atoms with E-state index in [1.807, 2.05) is 24.8 Å². The molecule has 0 amide bonds. The maximum atomic E-state index is 5.20. The zero-order chi connectivity index (χ0) is 37.2. The number of benzene rings is 5. The molecular weight excluding hydrogens is 695 g/mol. The second-order valence-corrected chi connectivity index (χ2v) is 15.7. The van der Waals surface area contributed by atoms with E-state index in [2.05, 4.69) is 171 Å². The van der Waals surface area contributed by atoms with Crippen LogP contribution in [-0.4, -0.2) is 19.1 Å². The number of fused-ring (bicyclic) bond motifs is 17. The SMILES string of the molecule is C1=Cc2c(n(-c3ccc(C4C=CC(n5c6ccccc6c6c7c(ccc65)C5(c6ccccc6-c6ccccc65)c5cccnc5-7)=CC4)cc3)c3cnccc23)CN1. The van der Waals surface area contributed by atoms with Crippen molar-refractivity contribution >= 4 is 44.5 Å². The van der Waals surface area contributed by atoms with Crippen LogP contribution in [0.25, 0.3) is 72.6 Å². The predicted molar refractivity (Wildman–Crippen MR) is 231 cm³/mol. The number of allylic oxidation sites excluding steroid dienone is 4. The molecule has 268 valence electrons. The van der Waals surface area contributed by atoms with Crippen molar-refractivity contribution in [1.82, 2.24) is 24.4 Å². The van der Waals surface area contributed by atoms with E-state index in [9.17, 15) is 0 Å². The molecule has 0 fully saturated rings. The molecule has 57 heavy (non-hydrogen) atoms. The summed E-state index contributed by atoms with van der Waals surface area (Å²) in [4.78, 5) is 9.67. The Labute approximate surface area is 329 Å². The van der Waals surface area contributed by atoms with Crippen molar-refractivity contribution in [2.75, 3.05) is 0 Å². The number of aromatic nitrogens is 4. The summed E-state index contributed by atoms with van der Waals surface area (Å²) in [5.74, 6) is 0.292. The van der Waals surface area contributed by atoms with Crippen LogP contribution in [-0.2, 0) is 12.0 Å². The van der Waals surface area contributed by atoms with Crippen LogP contribution in [0.5, 0.6) is 0 Å². The first kappa shape index (κ1) is 31.0. The van der Waals surface area contributed by atoms with Gasteiger partial charge in [-0.25, -0.2) is 0 Å². The van der Waals surface area contributed by atoms with E-state index in [-0.39, 0.29) is 0 Å². The second kappa shape index (κ2) is 11.4. The Morgan fingerprint density at radius 2 is 1.42 bits per heavy atom. The lowest BCUT2D eigenvalue weighted by Crippen LogP contribution is -2.25. The maximum absolute atomic E-state index is 5.20. The summed E-state index contributed by atoms with van der Waals surface area (Å²) in [5, 5.41) is 7.17. The molecule has 5 heterocycles. The average Bonchev–Trinajstić information content (AvgIpc) is 3.99. The first-order chi connectivity index (χ1) is 28.3. The molecule has 13 rings (SSSR count). The summed E-state index contributed by atoms with van der Waals surface area (Å²) in [6.45, 7) is 0.790. The molecule has 3 aliphatic carbocycles. The minimum Gasteiger partial charge on any atom is -0.385 e. The van der Waals surface area contributed by atoms with E-state index in [0.717, 1.165) is 29.9 Å². The van der Waals surface area contributed by atoms with Crippen LogP contribution < -0.4 is 5.32 Å². The van der Waals surface area contributed by atoms with Gasteiger partial charge < -0.3 is 14.5 Å². The predicted octanol–water partition coefficient (Wildman–Crippen LogP) is 11.5. The van der Waals surface area contributed by atoms with Crippen molar-refractivity contribution in [3.63, 3.8) is 0 Å². The summed E-state index contributed by atoms with van der Waals surface area (Å²) >= 11 is 0. The minimum absolute atomic E-state index is 0.292. The van der Waals surface area contributed by atoms with Gasteiger partial charge in [-0.05, 0) is 100 Å². The lowest BCUT2D eigenvalue weighted by atomic mass is 9.71. The summed E-state index contributed by atoms with van der Waals surface area (Å²) in [6, 6.07) is 47.3. The number of rotatable bonds is 3. The molecule has 1 atom stereocenters. The number of nitrogens with one attached hydrogen (secondary N) is 1. The monoisotopic (exact) mass is 729 g/mol. The molecule has 1 spiro atoms. The van der Waals surface area contributed by atoms with Gasteiger partial charge in [-0.3, -0.25) is 9.97 Å². The van der Waals surface area contributed by atoms with Crippen molar-refractivity contribution in [1.29, 1.82) is 0 Å². The zero-order valence-corrected chi connectivity index (χ0v) is 31.0. The molecule has 5 aromatic carbocycles. The topological polar surface area (TPSA) is 47.7 Å². The van der Waals surface area contributed by atoms with Gasteiger partial charge >= 0.3 is 0 Å². The molecule has 4 aromatic heterocycles. The van der Waals surface area contributed by atoms with Gasteiger partial charge in [-0.15, -0.1) is 0 Å². The molecule has 0 bridgehead atoms. The summed E-state index contributed by atoms with van der Waals surface area (Å²) < 4.78 is 4.83. The van der Waals surface area contributed by atoms with Gasteiger partial charge in [0.1, 0.15) is 0 Å². The van der Waals surface area contributed by atoms with E-state index < -0.39 is 5.41 Å². The smallest absolute Gasteiger partial charge is 0.0760 e. The van der Waals surface area contributed by atoms with Gasteiger partial charge in [0.2, 0.25) is 0 Å². The quantitative estimate of drug-likeness (QED) is 0.197. The van der Waals surface area contributed by atoms with Gasteiger partial charge in [0.15, 0.2) is 0 Å². The number of hydrogen-bond acceptors (Lipinski definition) is 3. The highest BCUT2D eigenvalue weighted by Gasteiger charge is 2.52. The maximum Gasteiger partial charge on any atom is 0.0760 e. The molecule has 0 saturated carbocycles. The first-order valence-electron chi connectivity index (χ1n) is 19.9. The average molecular weight is 730 g/mol. The molecule has 1 unspecified atom stereocenters. The first-order valence-corrected chi connectivity index (χ1v) is 19.9. The van der Waals surface area contributed by atoms with Crippen LogP contribution in [0.15, 0.2) is 170 Å². The van der Waals surface area contributed by atoms with Crippen LogP contribution in [0.4, 0.5) is 0 Å². The van der Waals surface area contributed by atoms with Crippen molar-refractivity contribution < 1.29 is 0 Å². The molecule has 1 N–H and O–H groups in total. The zero-order valence-electron chi connectivity index (χ0n) is 31.0. The van der Waals surface area contributed by atoms with Crippen LogP contribution in [0.3, 0.4) is 0 Å². The van der Waals surface area contributed by atoms with Crippen molar-refractivity contribution in [2.24, 2.45) is 0 Å². The normalized spacial score (nSPS) is 16.7.